The van der Waals surface area contributed by atoms with Crippen LogP contribution in [0.2, 0.25) is 5.02 Å². The van der Waals surface area contributed by atoms with Crippen LogP contribution in [0.5, 0.6) is 5.75 Å². The zero-order valence-corrected chi connectivity index (χ0v) is 16.0. The van der Waals surface area contributed by atoms with Crippen molar-refractivity contribution in [2.24, 2.45) is 5.10 Å². The number of benzene rings is 3. The molecular formula is C20H15ClN2O4S. The van der Waals surface area contributed by atoms with Gasteiger partial charge in [0.25, 0.3) is 0 Å². The first-order valence-corrected chi connectivity index (χ1v) is 9.97. The molecule has 0 bridgehead atoms. The van der Waals surface area contributed by atoms with Crippen LogP contribution in [-0.2, 0) is 9.84 Å². The Kier molecular flexibility index (Phi) is 5.77. The first kappa shape index (κ1) is 19.6. The molecular weight excluding hydrogens is 400 g/mol. The minimum Gasteiger partial charge on any atom is -0.508 e. The van der Waals surface area contributed by atoms with Gasteiger partial charge in [0.2, 0.25) is 20.7 Å². The minimum absolute atomic E-state index is 0.0308. The van der Waals surface area contributed by atoms with Crippen LogP contribution in [0.3, 0.4) is 0 Å². The summed E-state index contributed by atoms with van der Waals surface area (Å²) in [5.74, 6) is -0.815. The van der Waals surface area contributed by atoms with Gasteiger partial charge in [0.15, 0.2) is 0 Å². The first-order valence-electron chi connectivity index (χ1n) is 8.11. The van der Waals surface area contributed by atoms with Crippen LogP contribution in [0.4, 0.5) is 5.69 Å². The smallest absolute Gasteiger partial charge is 0.229 e. The van der Waals surface area contributed by atoms with Gasteiger partial charge < -0.3 is 5.11 Å². The Morgan fingerprint density at radius 2 is 1.61 bits per heavy atom. The number of carbonyl (C=O) groups excluding carboxylic acids is 1. The van der Waals surface area contributed by atoms with Gasteiger partial charge in [-0.1, -0.05) is 35.9 Å². The maximum atomic E-state index is 13.0. The molecule has 8 heteroatoms. The molecule has 0 amide bonds. The fourth-order valence-electron chi connectivity index (χ4n) is 2.36. The van der Waals surface area contributed by atoms with Gasteiger partial charge in [0.05, 0.1) is 10.6 Å². The van der Waals surface area contributed by atoms with Crippen molar-refractivity contribution in [3.05, 3.63) is 89.4 Å². The van der Waals surface area contributed by atoms with E-state index in [0.717, 1.165) is 0 Å². The van der Waals surface area contributed by atoms with E-state index < -0.39 is 20.7 Å². The third-order valence-electron chi connectivity index (χ3n) is 3.74. The van der Waals surface area contributed by atoms with Gasteiger partial charge in [0, 0.05) is 16.7 Å². The Hall–Kier alpha value is -3.16. The van der Waals surface area contributed by atoms with E-state index >= 15 is 0 Å². The number of phenols is 1. The second-order valence-corrected chi connectivity index (χ2v) is 8.03. The van der Waals surface area contributed by atoms with Crippen LogP contribution in [-0.4, -0.2) is 24.4 Å². The van der Waals surface area contributed by atoms with E-state index in [0.29, 0.717) is 10.7 Å². The average Bonchev–Trinajstić information content (AvgIpc) is 2.69. The third kappa shape index (κ3) is 4.39. The fraction of sp³-hybridized carbons (Fsp3) is 0. The number of halogens is 1. The number of anilines is 1. The van der Waals surface area contributed by atoms with E-state index in [1.807, 2.05) is 0 Å². The quantitative estimate of drug-likeness (QED) is 0.283. The summed E-state index contributed by atoms with van der Waals surface area (Å²) in [5.41, 5.74) is 2.97. The number of hydrogen-bond donors (Lipinski definition) is 2. The van der Waals surface area contributed by atoms with Crippen molar-refractivity contribution < 1.29 is 18.3 Å². The number of rotatable bonds is 5. The number of hydrazone groups is 1. The molecule has 0 unspecified atom stereocenters. The second-order valence-electron chi connectivity index (χ2n) is 5.73. The Morgan fingerprint density at radius 3 is 2.25 bits per heavy atom. The maximum absolute atomic E-state index is 13.0. The molecule has 0 aromatic heterocycles. The highest BCUT2D eigenvalue weighted by Crippen LogP contribution is 2.19. The minimum atomic E-state index is -4.20. The standard InChI is InChI=1S/C20H15ClN2O4S/c21-15-11-9-14(10-12-15)19(25)20(23-22-16-5-4-6-17(24)13-16)28(26,27)18-7-2-1-3-8-18/h1-13,22,24H. The molecule has 0 heterocycles. The predicted octanol–water partition coefficient (Wildman–Crippen LogP) is 4.13. The average molecular weight is 415 g/mol. The largest absolute Gasteiger partial charge is 0.508 e. The molecule has 2 N–H and O–H groups in total. The Labute approximate surface area is 167 Å². The molecule has 0 atom stereocenters. The highest BCUT2D eigenvalue weighted by Gasteiger charge is 2.30. The molecule has 0 radical (unpaired) electrons. The Bertz CT molecular complexity index is 1130. The summed E-state index contributed by atoms with van der Waals surface area (Å²) in [4.78, 5) is 12.9. The lowest BCUT2D eigenvalue weighted by Gasteiger charge is -2.09. The third-order valence-corrected chi connectivity index (χ3v) is 5.67. The number of hydrogen-bond acceptors (Lipinski definition) is 6. The Morgan fingerprint density at radius 1 is 0.929 bits per heavy atom. The summed E-state index contributed by atoms with van der Waals surface area (Å²) >= 11 is 5.84. The highest BCUT2D eigenvalue weighted by molar-refractivity contribution is 8.08. The normalized spacial score (nSPS) is 11.8. The summed E-state index contributed by atoms with van der Waals surface area (Å²) in [7, 11) is -4.20. The van der Waals surface area contributed by atoms with Crippen molar-refractivity contribution in [2.75, 3.05) is 5.43 Å². The van der Waals surface area contributed by atoms with Crippen LogP contribution in [0, 0.1) is 0 Å². The molecule has 0 spiro atoms. The van der Waals surface area contributed by atoms with Crippen molar-refractivity contribution in [1.82, 2.24) is 0 Å². The van der Waals surface area contributed by atoms with Crippen molar-refractivity contribution in [3.8, 4) is 5.75 Å². The summed E-state index contributed by atoms with van der Waals surface area (Å²) < 4.78 is 26.1. The molecule has 3 rings (SSSR count). The lowest BCUT2D eigenvalue weighted by Crippen LogP contribution is -2.26. The van der Waals surface area contributed by atoms with Crippen molar-refractivity contribution in [1.29, 1.82) is 0 Å². The molecule has 142 valence electrons. The van der Waals surface area contributed by atoms with E-state index in [4.69, 9.17) is 11.6 Å². The Balaban J connectivity index is 2.06. The van der Waals surface area contributed by atoms with Crippen molar-refractivity contribution in [3.63, 3.8) is 0 Å². The topological polar surface area (TPSA) is 95.8 Å². The monoisotopic (exact) mass is 414 g/mol. The number of nitrogens with zero attached hydrogens (tertiary/aromatic N) is 1. The van der Waals surface area contributed by atoms with Gasteiger partial charge >= 0.3 is 0 Å². The zero-order chi connectivity index (χ0) is 20.1. The number of ketones is 1. The van der Waals surface area contributed by atoms with Crippen LogP contribution in [0.15, 0.2) is 88.9 Å². The molecule has 3 aromatic carbocycles. The lowest BCUT2D eigenvalue weighted by molar-refractivity contribution is 0.106. The number of carbonyl (C=O) groups is 1. The van der Waals surface area contributed by atoms with Crippen LogP contribution >= 0.6 is 11.6 Å². The van der Waals surface area contributed by atoms with E-state index in [-0.39, 0.29) is 16.2 Å². The fourth-order valence-corrected chi connectivity index (χ4v) is 3.75. The van der Waals surface area contributed by atoms with E-state index in [1.165, 1.54) is 48.5 Å². The number of sulfone groups is 1. The van der Waals surface area contributed by atoms with Crippen molar-refractivity contribution in [2.45, 2.75) is 4.90 Å². The molecule has 0 aliphatic carbocycles. The number of phenolic OH excluding ortho intramolecular Hbond substituents is 1. The molecule has 0 fully saturated rings. The second kappa shape index (κ2) is 8.24. The molecule has 3 aromatic rings. The SMILES string of the molecule is O=C(C(=NNc1cccc(O)c1)S(=O)(=O)c1ccccc1)c1ccc(Cl)cc1. The highest BCUT2D eigenvalue weighted by atomic mass is 35.5. The van der Waals surface area contributed by atoms with Crippen molar-refractivity contribution >= 4 is 38.0 Å². The number of aromatic hydroxyl groups is 1. The number of Topliss-reactive ketones (excluding diaryl/α,β-unsaturated/α-hetero) is 1. The van der Waals surface area contributed by atoms with Gasteiger partial charge in [-0.2, -0.15) is 5.10 Å². The summed E-state index contributed by atoms with van der Waals surface area (Å²) in [6, 6.07) is 19.3. The van der Waals surface area contributed by atoms with E-state index in [1.54, 1.807) is 30.3 Å². The maximum Gasteiger partial charge on any atom is 0.229 e. The van der Waals surface area contributed by atoms with E-state index in [9.17, 15) is 18.3 Å². The molecule has 0 saturated heterocycles. The lowest BCUT2D eigenvalue weighted by atomic mass is 10.1. The number of nitrogens with one attached hydrogen (secondary N) is 1. The molecule has 6 nitrogen and oxygen atoms in total. The van der Waals surface area contributed by atoms with Crippen LogP contribution in [0.25, 0.3) is 0 Å². The van der Waals surface area contributed by atoms with Gasteiger partial charge in [-0.3, -0.25) is 10.2 Å². The molecule has 0 aliphatic rings. The zero-order valence-electron chi connectivity index (χ0n) is 14.4. The predicted molar refractivity (Wildman–Crippen MR) is 109 cm³/mol. The van der Waals surface area contributed by atoms with E-state index in [2.05, 4.69) is 10.5 Å². The summed E-state index contributed by atoms with van der Waals surface area (Å²) in [6.45, 7) is 0. The summed E-state index contributed by atoms with van der Waals surface area (Å²) in [6.07, 6.45) is 0. The van der Waals surface area contributed by atoms with Gasteiger partial charge in [-0.25, -0.2) is 8.42 Å². The molecule has 0 aliphatic heterocycles. The van der Waals surface area contributed by atoms with Gasteiger partial charge in [-0.05, 0) is 48.5 Å². The molecule has 28 heavy (non-hydrogen) atoms. The van der Waals surface area contributed by atoms with Crippen LogP contribution < -0.4 is 5.43 Å². The van der Waals surface area contributed by atoms with Gasteiger partial charge in [-0.15, -0.1) is 0 Å². The summed E-state index contributed by atoms with van der Waals surface area (Å²) in [5, 5.41) is 13.1. The van der Waals surface area contributed by atoms with Crippen LogP contribution in [0.1, 0.15) is 10.4 Å². The van der Waals surface area contributed by atoms with Gasteiger partial charge in [0.1, 0.15) is 5.75 Å². The first-order chi connectivity index (χ1) is 13.4. The molecule has 0 saturated carbocycles.